The van der Waals surface area contributed by atoms with Crippen molar-refractivity contribution in [2.45, 2.75) is 23.5 Å². The number of carbonyl (C=O) groups excluding carboxylic acids is 1. The van der Waals surface area contributed by atoms with Crippen LogP contribution >= 0.6 is 23.1 Å². The van der Waals surface area contributed by atoms with E-state index in [-0.39, 0.29) is 5.78 Å². The summed E-state index contributed by atoms with van der Waals surface area (Å²) in [5.74, 6) is 0.954. The van der Waals surface area contributed by atoms with Crippen molar-refractivity contribution in [3.05, 3.63) is 70.1 Å². The SMILES string of the molecule is CSc1ccc(C=C2CCc3cc(OCCc4cnc[nH]4)ccc3C2=O)s1. The minimum Gasteiger partial charge on any atom is -0.493 e. The number of fused-ring (bicyclic) bond motifs is 1. The third kappa shape index (κ3) is 4.17. The zero-order valence-corrected chi connectivity index (χ0v) is 16.7. The Morgan fingerprint density at radius 2 is 2.22 bits per heavy atom. The van der Waals surface area contributed by atoms with Gasteiger partial charge in [-0.15, -0.1) is 23.1 Å². The fourth-order valence-corrected chi connectivity index (χ4v) is 4.71. The van der Waals surface area contributed by atoms with Gasteiger partial charge in [0.05, 0.1) is 17.1 Å². The number of nitrogens with one attached hydrogen (secondary N) is 1. The lowest BCUT2D eigenvalue weighted by Gasteiger charge is -2.18. The van der Waals surface area contributed by atoms with E-state index in [2.05, 4.69) is 28.4 Å². The van der Waals surface area contributed by atoms with Crippen molar-refractivity contribution in [2.75, 3.05) is 12.9 Å². The third-order valence-corrected chi connectivity index (χ3v) is 6.71. The van der Waals surface area contributed by atoms with Crippen LogP contribution in [0.15, 0.2) is 52.6 Å². The maximum Gasteiger partial charge on any atom is 0.189 e. The lowest BCUT2D eigenvalue weighted by molar-refractivity contribution is 0.102. The number of thiophene rings is 1. The van der Waals surface area contributed by atoms with E-state index in [9.17, 15) is 4.79 Å². The minimum atomic E-state index is 0.138. The number of allylic oxidation sites excluding steroid dienone is 1. The zero-order valence-electron chi connectivity index (χ0n) is 15.0. The Balaban J connectivity index is 1.45. The lowest BCUT2D eigenvalue weighted by atomic mass is 9.86. The van der Waals surface area contributed by atoms with Crippen molar-refractivity contribution in [3.8, 4) is 5.75 Å². The lowest BCUT2D eigenvalue weighted by Crippen LogP contribution is -2.14. The van der Waals surface area contributed by atoms with Gasteiger partial charge in [-0.2, -0.15) is 0 Å². The van der Waals surface area contributed by atoms with E-state index in [0.717, 1.165) is 52.3 Å². The van der Waals surface area contributed by atoms with Crippen LogP contribution in [-0.2, 0) is 12.8 Å². The monoisotopic (exact) mass is 396 g/mol. The number of nitrogens with zero attached hydrogens (tertiary/aromatic N) is 1. The number of aromatic amines is 1. The molecule has 1 N–H and O–H groups in total. The predicted octanol–water partition coefficient (Wildman–Crippen LogP) is 5.03. The summed E-state index contributed by atoms with van der Waals surface area (Å²) in [6.07, 6.45) is 10.0. The van der Waals surface area contributed by atoms with E-state index in [4.69, 9.17) is 4.74 Å². The first-order valence-electron chi connectivity index (χ1n) is 8.85. The summed E-state index contributed by atoms with van der Waals surface area (Å²) < 4.78 is 7.11. The van der Waals surface area contributed by atoms with Gasteiger partial charge >= 0.3 is 0 Å². The summed E-state index contributed by atoms with van der Waals surface area (Å²) in [6, 6.07) is 9.99. The van der Waals surface area contributed by atoms with Crippen molar-refractivity contribution in [1.82, 2.24) is 9.97 Å². The molecule has 138 valence electrons. The maximum atomic E-state index is 12.9. The molecular formula is C21H20N2O2S2. The highest BCUT2D eigenvalue weighted by Gasteiger charge is 2.22. The summed E-state index contributed by atoms with van der Waals surface area (Å²) in [5, 5.41) is 0. The van der Waals surface area contributed by atoms with Crippen LogP contribution in [0.25, 0.3) is 6.08 Å². The Kier molecular flexibility index (Phi) is 5.45. The van der Waals surface area contributed by atoms with Crippen molar-refractivity contribution >= 4 is 35.0 Å². The van der Waals surface area contributed by atoms with Crippen molar-refractivity contribution < 1.29 is 9.53 Å². The number of aromatic nitrogens is 2. The average Bonchev–Trinajstić information content (AvgIpc) is 3.36. The number of aryl methyl sites for hydroxylation is 1. The fourth-order valence-electron chi connectivity index (χ4n) is 3.18. The van der Waals surface area contributed by atoms with Gasteiger partial charge in [-0.3, -0.25) is 4.79 Å². The van der Waals surface area contributed by atoms with Crippen molar-refractivity contribution in [3.63, 3.8) is 0 Å². The number of hydrogen-bond donors (Lipinski definition) is 1. The van der Waals surface area contributed by atoms with Crippen molar-refractivity contribution in [1.29, 1.82) is 0 Å². The highest BCUT2D eigenvalue weighted by atomic mass is 32.2. The molecule has 0 radical (unpaired) electrons. The number of H-pyrrole nitrogens is 1. The number of carbonyl (C=O) groups is 1. The zero-order chi connectivity index (χ0) is 18.6. The van der Waals surface area contributed by atoms with Crippen LogP contribution in [0, 0.1) is 0 Å². The van der Waals surface area contributed by atoms with E-state index in [1.807, 2.05) is 24.3 Å². The molecule has 0 aliphatic heterocycles. The first-order valence-corrected chi connectivity index (χ1v) is 10.9. The molecule has 1 aromatic carbocycles. The number of ether oxygens (including phenoxy) is 1. The van der Waals surface area contributed by atoms with E-state index < -0.39 is 0 Å². The van der Waals surface area contributed by atoms with Gasteiger partial charge in [0.25, 0.3) is 0 Å². The molecule has 27 heavy (non-hydrogen) atoms. The topological polar surface area (TPSA) is 55.0 Å². The molecule has 0 amide bonds. The molecule has 0 atom stereocenters. The number of rotatable bonds is 6. The van der Waals surface area contributed by atoms with Crippen molar-refractivity contribution in [2.24, 2.45) is 0 Å². The van der Waals surface area contributed by atoms with Gasteiger partial charge < -0.3 is 9.72 Å². The number of Topliss-reactive ketones (excluding diaryl/α,β-unsaturated/α-hetero) is 1. The number of thioether (sulfide) groups is 1. The largest absolute Gasteiger partial charge is 0.493 e. The van der Waals surface area contributed by atoms with Gasteiger partial charge in [0.1, 0.15) is 5.75 Å². The van der Waals surface area contributed by atoms with Crippen LogP contribution in [0.3, 0.4) is 0 Å². The summed E-state index contributed by atoms with van der Waals surface area (Å²) in [4.78, 5) is 21.1. The van der Waals surface area contributed by atoms with Crippen LogP contribution in [0.1, 0.15) is 32.9 Å². The Labute approximate surface area is 166 Å². The average molecular weight is 397 g/mol. The van der Waals surface area contributed by atoms with Crippen LogP contribution in [0.4, 0.5) is 0 Å². The summed E-state index contributed by atoms with van der Waals surface area (Å²) in [7, 11) is 0. The molecule has 6 heteroatoms. The third-order valence-electron chi connectivity index (χ3n) is 4.59. The van der Waals surface area contributed by atoms with Crippen LogP contribution in [-0.4, -0.2) is 28.6 Å². The molecule has 0 fully saturated rings. The molecule has 3 aromatic rings. The highest BCUT2D eigenvalue weighted by molar-refractivity contribution is 8.00. The Hall–Kier alpha value is -2.31. The molecule has 1 aliphatic rings. The molecule has 2 heterocycles. The minimum absolute atomic E-state index is 0.138. The molecule has 0 unspecified atom stereocenters. The van der Waals surface area contributed by atoms with Gasteiger partial charge in [-0.1, -0.05) is 0 Å². The molecular weight excluding hydrogens is 376 g/mol. The summed E-state index contributed by atoms with van der Waals surface area (Å²) >= 11 is 3.46. The van der Waals surface area contributed by atoms with Gasteiger partial charge in [0.15, 0.2) is 5.78 Å². The fraction of sp³-hybridized carbons (Fsp3) is 0.238. The van der Waals surface area contributed by atoms with Crippen LogP contribution in [0.2, 0.25) is 0 Å². The number of benzene rings is 1. The molecule has 4 nitrogen and oxygen atoms in total. The van der Waals surface area contributed by atoms with E-state index in [1.165, 1.54) is 4.21 Å². The van der Waals surface area contributed by atoms with Gasteiger partial charge in [0, 0.05) is 34.3 Å². The first kappa shape index (κ1) is 18.1. The smallest absolute Gasteiger partial charge is 0.189 e. The van der Waals surface area contributed by atoms with Crippen LogP contribution < -0.4 is 4.74 Å². The second kappa shape index (κ2) is 8.15. The molecule has 1 aliphatic carbocycles. The number of hydrogen-bond acceptors (Lipinski definition) is 5. The van der Waals surface area contributed by atoms with E-state index in [1.54, 1.807) is 35.6 Å². The van der Waals surface area contributed by atoms with E-state index >= 15 is 0 Å². The molecule has 0 saturated carbocycles. The summed E-state index contributed by atoms with van der Waals surface area (Å²) in [5.41, 5.74) is 3.82. The Morgan fingerprint density at radius 3 is 3.00 bits per heavy atom. The van der Waals surface area contributed by atoms with E-state index in [0.29, 0.717) is 6.61 Å². The second-order valence-electron chi connectivity index (χ2n) is 6.35. The first-order chi connectivity index (χ1) is 13.2. The number of ketones is 1. The number of imidazole rings is 1. The Bertz CT molecular complexity index is 974. The second-order valence-corrected chi connectivity index (χ2v) is 8.58. The summed E-state index contributed by atoms with van der Waals surface area (Å²) in [6.45, 7) is 0.580. The van der Waals surface area contributed by atoms with Gasteiger partial charge in [-0.25, -0.2) is 4.98 Å². The molecule has 0 saturated heterocycles. The molecule has 2 aromatic heterocycles. The Morgan fingerprint density at radius 1 is 1.30 bits per heavy atom. The maximum absolute atomic E-state index is 12.9. The molecule has 4 rings (SSSR count). The van der Waals surface area contributed by atoms with Gasteiger partial charge in [0.2, 0.25) is 0 Å². The molecule has 0 bridgehead atoms. The highest BCUT2D eigenvalue weighted by Crippen LogP contribution is 2.32. The van der Waals surface area contributed by atoms with Gasteiger partial charge in [-0.05, 0) is 61.1 Å². The predicted molar refractivity (Wildman–Crippen MR) is 111 cm³/mol. The quantitative estimate of drug-likeness (QED) is 0.469. The normalized spacial score (nSPS) is 15.1. The standard InChI is InChI=1S/C21H20N2O2S2/c1-26-20-7-5-18(27-20)11-15-3-2-14-10-17(4-6-19(14)21(15)24)25-9-8-16-12-22-13-23-16/h4-7,10-13H,2-3,8-9H2,1H3,(H,22,23). The molecule has 0 spiro atoms. The van der Waals surface area contributed by atoms with Crippen LogP contribution in [0.5, 0.6) is 5.75 Å².